The highest BCUT2D eigenvalue weighted by Gasteiger charge is 2.26. The van der Waals surface area contributed by atoms with E-state index < -0.39 is 5.91 Å². The molecule has 0 fully saturated rings. The monoisotopic (exact) mass is 248 g/mol. The number of nitrogens with two attached hydrogens (primary N) is 1. The van der Waals surface area contributed by atoms with Gasteiger partial charge in [-0.2, -0.15) is 0 Å². The van der Waals surface area contributed by atoms with E-state index in [1.165, 1.54) is 4.90 Å². The molecular weight excluding hydrogens is 236 g/mol. The third-order valence-corrected chi connectivity index (χ3v) is 2.53. The SMILES string of the molecule is N/C(CC(=O)N1CC(=O)Nc2ccccc21)=N\O. The summed E-state index contributed by atoms with van der Waals surface area (Å²) in [5, 5.41) is 13.9. The molecule has 1 heterocycles. The molecule has 0 unspecified atom stereocenters. The normalized spacial score (nSPS) is 15.0. The summed E-state index contributed by atoms with van der Waals surface area (Å²) in [6, 6.07) is 6.95. The first kappa shape index (κ1) is 11.9. The molecule has 1 aliphatic heterocycles. The molecule has 0 saturated heterocycles. The number of carbonyl (C=O) groups excluding carboxylic acids is 2. The number of hydrogen-bond donors (Lipinski definition) is 3. The molecule has 1 aromatic rings. The van der Waals surface area contributed by atoms with Gasteiger partial charge in [0.15, 0.2) is 0 Å². The van der Waals surface area contributed by atoms with E-state index in [1.807, 2.05) is 0 Å². The van der Waals surface area contributed by atoms with Crippen LogP contribution in [-0.4, -0.2) is 29.4 Å². The van der Waals surface area contributed by atoms with E-state index in [0.717, 1.165) is 0 Å². The Morgan fingerprint density at radius 2 is 2.22 bits per heavy atom. The van der Waals surface area contributed by atoms with Crippen molar-refractivity contribution in [3.8, 4) is 0 Å². The number of hydrogen-bond acceptors (Lipinski definition) is 4. The number of nitrogens with one attached hydrogen (secondary N) is 1. The Balaban J connectivity index is 2.29. The summed E-state index contributed by atoms with van der Waals surface area (Å²) in [5.41, 5.74) is 6.46. The van der Waals surface area contributed by atoms with Gasteiger partial charge in [0.25, 0.3) is 0 Å². The molecule has 18 heavy (non-hydrogen) atoms. The van der Waals surface area contributed by atoms with Gasteiger partial charge in [0.2, 0.25) is 11.8 Å². The van der Waals surface area contributed by atoms with Crippen LogP contribution in [0.1, 0.15) is 6.42 Å². The van der Waals surface area contributed by atoms with E-state index in [1.54, 1.807) is 24.3 Å². The van der Waals surface area contributed by atoms with Crippen LogP contribution in [0.2, 0.25) is 0 Å². The van der Waals surface area contributed by atoms with Gasteiger partial charge in [0.1, 0.15) is 12.4 Å². The average Bonchev–Trinajstić information content (AvgIpc) is 2.37. The minimum Gasteiger partial charge on any atom is -0.409 e. The molecule has 0 aromatic heterocycles. The van der Waals surface area contributed by atoms with Gasteiger partial charge in [0.05, 0.1) is 17.8 Å². The van der Waals surface area contributed by atoms with Gasteiger partial charge in [0, 0.05) is 0 Å². The summed E-state index contributed by atoms with van der Waals surface area (Å²) < 4.78 is 0. The predicted octanol–water partition coefficient (Wildman–Crippen LogP) is 0.108. The molecule has 2 rings (SSSR count). The molecule has 2 amide bonds. The minimum absolute atomic E-state index is 0.0748. The summed E-state index contributed by atoms with van der Waals surface area (Å²) in [6.07, 6.45) is -0.238. The Labute approximate surface area is 103 Å². The van der Waals surface area contributed by atoms with Crippen molar-refractivity contribution in [1.82, 2.24) is 0 Å². The molecule has 4 N–H and O–H groups in total. The fourth-order valence-corrected chi connectivity index (χ4v) is 1.74. The molecule has 94 valence electrons. The summed E-state index contributed by atoms with van der Waals surface area (Å²) in [6.45, 7) is -0.0748. The van der Waals surface area contributed by atoms with E-state index >= 15 is 0 Å². The van der Waals surface area contributed by atoms with Crippen LogP contribution in [0, 0.1) is 0 Å². The summed E-state index contributed by atoms with van der Waals surface area (Å²) in [7, 11) is 0. The molecular formula is C11H12N4O3. The van der Waals surface area contributed by atoms with E-state index in [-0.39, 0.29) is 24.7 Å². The number of amidine groups is 1. The van der Waals surface area contributed by atoms with Gasteiger partial charge in [-0.1, -0.05) is 17.3 Å². The van der Waals surface area contributed by atoms with Gasteiger partial charge in [-0.05, 0) is 12.1 Å². The Kier molecular flexibility index (Phi) is 3.13. The minimum atomic E-state index is -0.396. The Bertz CT molecular complexity index is 527. The van der Waals surface area contributed by atoms with Crippen molar-refractivity contribution in [2.45, 2.75) is 6.42 Å². The highest BCUT2D eigenvalue weighted by Crippen LogP contribution is 2.29. The molecule has 0 aliphatic carbocycles. The van der Waals surface area contributed by atoms with Crippen molar-refractivity contribution in [2.75, 3.05) is 16.8 Å². The first-order chi connectivity index (χ1) is 8.61. The number of carbonyl (C=O) groups is 2. The van der Waals surface area contributed by atoms with Gasteiger partial charge in [-0.25, -0.2) is 0 Å². The summed E-state index contributed by atoms with van der Waals surface area (Å²) in [4.78, 5) is 24.7. The first-order valence-electron chi connectivity index (χ1n) is 5.27. The third-order valence-electron chi connectivity index (χ3n) is 2.53. The highest BCUT2D eigenvalue weighted by atomic mass is 16.4. The maximum absolute atomic E-state index is 11.9. The van der Waals surface area contributed by atoms with Gasteiger partial charge >= 0.3 is 0 Å². The van der Waals surface area contributed by atoms with Crippen molar-refractivity contribution in [3.05, 3.63) is 24.3 Å². The molecule has 7 nitrogen and oxygen atoms in total. The maximum Gasteiger partial charge on any atom is 0.244 e. The predicted molar refractivity (Wildman–Crippen MR) is 65.5 cm³/mol. The van der Waals surface area contributed by atoms with Crippen LogP contribution in [0.3, 0.4) is 0 Å². The first-order valence-corrected chi connectivity index (χ1v) is 5.27. The maximum atomic E-state index is 11.9. The number of para-hydroxylation sites is 2. The number of rotatable bonds is 2. The lowest BCUT2D eigenvalue weighted by molar-refractivity contribution is -0.121. The van der Waals surface area contributed by atoms with Crippen LogP contribution < -0.4 is 16.0 Å². The van der Waals surface area contributed by atoms with Gasteiger partial charge < -0.3 is 21.2 Å². The summed E-state index contributed by atoms with van der Waals surface area (Å²) in [5.74, 6) is -0.863. The van der Waals surface area contributed by atoms with E-state index in [2.05, 4.69) is 10.5 Å². The van der Waals surface area contributed by atoms with Crippen molar-refractivity contribution < 1.29 is 14.8 Å². The second-order valence-corrected chi connectivity index (χ2v) is 3.81. The number of oxime groups is 1. The molecule has 0 atom stereocenters. The van der Waals surface area contributed by atoms with E-state index in [4.69, 9.17) is 10.9 Å². The van der Waals surface area contributed by atoms with Crippen molar-refractivity contribution in [1.29, 1.82) is 0 Å². The van der Waals surface area contributed by atoms with Gasteiger partial charge in [-0.3, -0.25) is 9.59 Å². The molecule has 7 heteroatoms. The second-order valence-electron chi connectivity index (χ2n) is 3.81. The quantitative estimate of drug-likeness (QED) is 0.298. The Hall–Kier alpha value is -2.57. The van der Waals surface area contributed by atoms with E-state index in [9.17, 15) is 9.59 Å². The fourth-order valence-electron chi connectivity index (χ4n) is 1.74. The number of nitrogens with zero attached hydrogens (tertiary/aromatic N) is 2. The third kappa shape index (κ3) is 2.24. The number of benzene rings is 1. The van der Waals surface area contributed by atoms with Crippen LogP contribution in [0.25, 0.3) is 0 Å². The molecule has 1 aromatic carbocycles. The van der Waals surface area contributed by atoms with Crippen LogP contribution >= 0.6 is 0 Å². The molecule has 0 saturated carbocycles. The largest absolute Gasteiger partial charge is 0.409 e. The zero-order chi connectivity index (χ0) is 13.1. The van der Waals surface area contributed by atoms with Crippen LogP contribution in [0.5, 0.6) is 0 Å². The van der Waals surface area contributed by atoms with Crippen LogP contribution in [0.15, 0.2) is 29.4 Å². The Morgan fingerprint density at radius 3 is 2.94 bits per heavy atom. The number of fused-ring (bicyclic) bond motifs is 1. The second kappa shape index (κ2) is 4.74. The van der Waals surface area contributed by atoms with Crippen molar-refractivity contribution in [2.24, 2.45) is 10.9 Å². The Morgan fingerprint density at radius 1 is 1.50 bits per heavy atom. The lowest BCUT2D eigenvalue weighted by atomic mass is 10.1. The zero-order valence-electron chi connectivity index (χ0n) is 9.46. The molecule has 0 radical (unpaired) electrons. The van der Waals surface area contributed by atoms with Crippen LogP contribution in [0.4, 0.5) is 11.4 Å². The smallest absolute Gasteiger partial charge is 0.244 e. The van der Waals surface area contributed by atoms with Gasteiger partial charge in [-0.15, -0.1) is 0 Å². The lowest BCUT2D eigenvalue weighted by Gasteiger charge is -2.28. The fraction of sp³-hybridized carbons (Fsp3) is 0.182. The average molecular weight is 248 g/mol. The van der Waals surface area contributed by atoms with Crippen LogP contribution in [-0.2, 0) is 9.59 Å². The lowest BCUT2D eigenvalue weighted by Crippen LogP contribution is -2.43. The number of amides is 2. The molecule has 1 aliphatic rings. The highest BCUT2D eigenvalue weighted by molar-refractivity contribution is 6.13. The molecule has 0 bridgehead atoms. The summed E-state index contributed by atoms with van der Waals surface area (Å²) >= 11 is 0. The topological polar surface area (TPSA) is 108 Å². The molecule has 0 spiro atoms. The van der Waals surface area contributed by atoms with Crippen molar-refractivity contribution in [3.63, 3.8) is 0 Å². The number of anilines is 2. The van der Waals surface area contributed by atoms with E-state index in [0.29, 0.717) is 11.4 Å². The van der Waals surface area contributed by atoms with Crippen molar-refractivity contribution >= 4 is 29.0 Å². The standard InChI is InChI=1S/C11H12N4O3/c12-9(14-18)5-11(17)15-6-10(16)13-7-3-1-2-4-8(7)15/h1-4,18H,5-6H2,(H2,12,14)(H,13,16). The zero-order valence-corrected chi connectivity index (χ0v) is 9.46.